The third-order valence-corrected chi connectivity index (χ3v) is 3.66. The van der Waals surface area contributed by atoms with Gasteiger partial charge in [0.05, 0.1) is 5.71 Å². The number of hydrogen-bond donors (Lipinski definition) is 2. The van der Waals surface area contributed by atoms with Crippen LogP contribution in [0.1, 0.15) is 31.2 Å². The molecule has 6 heteroatoms. The molecule has 2 aliphatic rings. The molecule has 0 aromatic heterocycles. The normalized spacial score (nSPS) is 20.0. The highest BCUT2D eigenvalue weighted by Gasteiger charge is 2.28. The van der Waals surface area contributed by atoms with Gasteiger partial charge in [0, 0.05) is 25.4 Å². The van der Waals surface area contributed by atoms with Crippen molar-refractivity contribution < 1.29 is 14.4 Å². The van der Waals surface area contributed by atoms with Crippen molar-refractivity contribution in [1.82, 2.24) is 10.6 Å². The molecule has 1 saturated carbocycles. The standard InChI is InChI=1S/C16H19N3O3/c20-15(18-12-6-7-12)8-9-17-16(21)14-10-13(19-22-14)11-4-2-1-3-5-11/h1-5,12,14H,6-10H2,(H,17,21)(H,18,20). The third kappa shape index (κ3) is 3.84. The van der Waals surface area contributed by atoms with Gasteiger partial charge in [-0.3, -0.25) is 9.59 Å². The summed E-state index contributed by atoms with van der Waals surface area (Å²) in [7, 11) is 0. The predicted octanol–water partition coefficient (Wildman–Crippen LogP) is 0.964. The van der Waals surface area contributed by atoms with E-state index in [-0.39, 0.29) is 11.8 Å². The van der Waals surface area contributed by atoms with Crippen molar-refractivity contribution in [2.75, 3.05) is 6.54 Å². The number of nitrogens with one attached hydrogen (secondary N) is 2. The van der Waals surface area contributed by atoms with E-state index in [0.717, 1.165) is 24.1 Å². The first-order chi connectivity index (χ1) is 10.7. The summed E-state index contributed by atoms with van der Waals surface area (Å²) in [6.07, 6.45) is 2.26. The van der Waals surface area contributed by atoms with Crippen LogP contribution in [0.2, 0.25) is 0 Å². The van der Waals surface area contributed by atoms with Crippen LogP contribution >= 0.6 is 0 Å². The molecule has 1 aromatic rings. The third-order valence-electron chi connectivity index (χ3n) is 3.66. The minimum atomic E-state index is -0.610. The molecule has 116 valence electrons. The Hall–Kier alpha value is -2.37. The van der Waals surface area contributed by atoms with Crippen molar-refractivity contribution in [2.24, 2.45) is 5.16 Å². The van der Waals surface area contributed by atoms with E-state index in [1.54, 1.807) is 0 Å². The topological polar surface area (TPSA) is 79.8 Å². The molecule has 0 spiro atoms. The molecule has 1 aliphatic heterocycles. The van der Waals surface area contributed by atoms with Crippen molar-refractivity contribution >= 4 is 17.5 Å². The van der Waals surface area contributed by atoms with Crippen molar-refractivity contribution in [3.05, 3.63) is 35.9 Å². The van der Waals surface area contributed by atoms with Gasteiger partial charge in [-0.1, -0.05) is 35.5 Å². The van der Waals surface area contributed by atoms with Gasteiger partial charge in [-0.15, -0.1) is 0 Å². The van der Waals surface area contributed by atoms with Crippen LogP contribution in [-0.4, -0.2) is 36.2 Å². The van der Waals surface area contributed by atoms with Gasteiger partial charge >= 0.3 is 0 Å². The van der Waals surface area contributed by atoms with Gasteiger partial charge < -0.3 is 15.5 Å². The number of amides is 2. The molecular formula is C16H19N3O3. The first kappa shape index (κ1) is 14.6. The number of rotatable bonds is 6. The number of oxime groups is 1. The van der Waals surface area contributed by atoms with Gasteiger partial charge in [0.25, 0.3) is 5.91 Å². The largest absolute Gasteiger partial charge is 0.382 e. The van der Waals surface area contributed by atoms with E-state index in [1.807, 2.05) is 30.3 Å². The average Bonchev–Trinajstić information content (AvgIpc) is 3.19. The monoisotopic (exact) mass is 301 g/mol. The van der Waals surface area contributed by atoms with E-state index in [1.165, 1.54) is 0 Å². The average molecular weight is 301 g/mol. The van der Waals surface area contributed by atoms with Crippen LogP contribution in [0.5, 0.6) is 0 Å². The second-order valence-corrected chi connectivity index (χ2v) is 5.58. The highest BCUT2D eigenvalue weighted by atomic mass is 16.6. The first-order valence-corrected chi connectivity index (χ1v) is 7.57. The summed E-state index contributed by atoms with van der Waals surface area (Å²) in [4.78, 5) is 28.7. The lowest BCUT2D eigenvalue weighted by atomic mass is 10.0. The summed E-state index contributed by atoms with van der Waals surface area (Å²) in [5, 5.41) is 9.58. The van der Waals surface area contributed by atoms with Crippen LogP contribution in [0.3, 0.4) is 0 Å². The van der Waals surface area contributed by atoms with Crippen LogP contribution in [0, 0.1) is 0 Å². The van der Waals surface area contributed by atoms with Crippen LogP contribution in [0.25, 0.3) is 0 Å². The molecule has 0 radical (unpaired) electrons. The molecule has 1 unspecified atom stereocenters. The lowest BCUT2D eigenvalue weighted by Gasteiger charge is -2.09. The number of carbonyl (C=O) groups is 2. The van der Waals surface area contributed by atoms with Crippen LogP contribution in [-0.2, 0) is 14.4 Å². The van der Waals surface area contributed by atoms with Gasteiger partial charge in [0.2, 0.25) is 12.0 Å². The SMILES string of the molecule is O=C(CCNC(=O)C1CC(c2ccccc2)=NO1)NC1CC1. The van der Waals surface area contributed by atoms with E-state index in [0.29, 0.717) is 25.4 Å². The quantitative estimate of drug-likeness (QED) is 0.821. The summed E-state index contributed by atoms with van der Waals surface area (Å²) in [5.74, 6) is -0.245. The molecule has 1 aliphatic carbocycles. The maximum absolute atomic E-state index is 12.0. The minimum Gasteiger partial charge on any atom is -0.382 e. The Morgan fingerprint density at radius 2 is 2.00 bits per heavy atom. The van der Waals surface area contributed by atoms with Crippen molar-refractivity contribution in [2.45, 2.75) is 37.8 Å². The molecule has 2 amide bonds. The first-order valence-electron chi connectivity index (χ1n) is 7.57. The smallest absolute Gasteiger partial charge is 0.264 e. The molecule has 1 fully saturated rings. The maximum atomic E-state index is 12.0. The summed E-state index contributed by atoms with van der Waals surface area (Å²) >= 11 is 0. The zero-order chi connectivity index (χ0) is 15.4. The van der Waals surface area contributed by atoms with Crippen molar-refractivity contribution in [3.63, 3.8) is 0 Å². The lowest BCUT2D eigenvalue weighted by Crippen LogP contribution is -2.37. The molecule has 1 atom stereocenters. The molecule has 0 bridgehead atoms. The Labute approximate surface area is 128 Å². The number of carbonyl (C=O) groups excluding carboxylic acids is 2. The molecule has 0 saturated heterocycles. The Balaban J connectivity index is 1.39. The Morgan fingerprint density at radius 3 is 2.73 bits per heavy atom. The fourth-order valence-electron chi connectivity index (χ4n) is 2.26. The van der Waals surface area contributed by atoms with Gasteiger partial charge in [0.15, 0.2) is 0 Å². The van der Waals surface area contributed by atoms with Crippen LogP contribution in [0.15, 0.2) is 35.5 Å². The summed E-state index contributed by atoms with van der Waals surface area (Å²) in [6, 6.07) is 9.99. The molecule has 1 heterocycles. The van der Waals surface area contributed by atoms with Crippen LogP contribution < -0.4 is 10.6 Å². The highest BCUT2D eigenvalue weighted by Crippen LogP contribution is 2.18. The molecule has 3 rings (SSSR count). The summed E-state index contributed by atoms with van der Waals surface area (Å²) in [5.41, 5.74) is 1.73. The van der Waals surface area contributed by atoms with E-state index in [9.17, 15) is 9.59 Å². The van der Waals surface area contributed by atoms with Gasteiger partial charge in [0.1, 0.15) is 0 Å². The molecule has 6 nitrogen and oxygen atoms in total. The van der Waals surface area contributed by atoms with E-state index in [2.05, 4.69) is 15.8 Å². The molecular weight excluding hydrogens is 282 g/mol. The van der Waals surface area contributed by atoms with Gasteiger partial charge in [-0.25, -0.2) is 0 Å². The van der Waals surface area contributed by atoms with Gasteiger partial charge in [-0.05, 0) is 18.4 Å². The molecule has 2 N–H and O–H groups in total. The lowest BCUT2D eigenvalue weighted by molar-refractivity contribution is -0.131. The minimum absolute atomic E-state index is 0.0173. The maximum Gasteiger partial charge on any atom is 0.264 e. The summed E-state index contributed by atoms with van der Waals surface area (Å²) < 4.78 is 0. The zero-order valence-electron chi connectivity index (χ0n) is 12.2. The second-order valence-electron chi connectivity index (χ2n) is 5.58. The number of nitrogens with zero attached hydrogens (tertiary/aromatic N) is 1. The summed E-state index contributed by atoms with van der Waals surface area (Å²) in [6.45, 7) is 0.317. The second kappa shape index (κ2) is 6.60. The van der Waals surface area contributed by atoms with E-state index < -0.39 is 6.10 Å². The Morgan fingerprint density at radius 1 is 1.23 bits per heavy atom. The van der Waals surface area contributed by atoms with Crippen LogP contribution in [0.4, 0.5) is 0 Å². The zero-order valence-corrected chi connectivity index (χ0v) is 12.2. The molecule has 22 heavy (non-hydrogen) atoms. The Bertz CT molecular complexity index is 582. The fourth-order valence-corrected chi connectivity index (χ4v) is 2.26. The predicted molar refractivity (Wildman–Crippen MR) is 81.3 cm³/mol. The van der Waals surface area contributed by atoms with Crippen molar-refractivity contribution in [3.8, 4) is 0 Å². The van der Waals surface area contributed by atoms with E-state index >= 15 is 0 Å². The van der Waals surface area contributed by atoms with Crippen molar-refractivity contribution in [1.29, 1.82) is 0 Å². The van der Waals surface area contributed by atoms with Gasteiger partial charge in [-0.2, -0.15) is 0 Å². The number of hydrogen-bond acceptors (Lipinski definition) is 4. The number of benzene rings is 1. The fraction of sp³-hybridized carbons (Fsp3) is 0.438. The Kier molecular flexibility index (Phi) is 4.37. The highest BCUT2D eigenvalue weighted by molar-refractivity contribution is 6.04. The molecule has 1 aromatic carbocycles. The van der Waals surface area contributed by atoms with E-state index in [4.69, 9.17) is 4.84 Å².